The lowest BCUT2D eigenvalue weighted by Crippen LogP contribution is -2.36. The number of rotatable bonds is 8. The first-order chi connectivity index (χ1) is 20.7. The number of fused-ring (bicyclic) bond motifs is 3. The fourth-order valence-corrected chi connectivity index (χ4v) is 5.94. The van der Waals surface area contributed by atoms with Gasteiger partial charge >= 0.3 is 12.1 Å². The van der Waals surface area contributed by atoms with Crippen molar-refractivity contribution in [2.45, 2.75) is 31.6 Å². The van der Waals surface area contributed by atoms with Crippen LogP contribution >= 0.6 is 0 Å². The highest BCUT2D eigenvalue weighted by molar-refractivity contribution is 5.82. The number of hydrogen-bond acceptors (Lipinski definition) is 6. The fraction of sp³-hybridized carbons (Fsp3) is 0.333. The summed E-state index contributed by atoms with van der Waals surface area (Å²) in [6.07, 6.45) is 3.82. The third-order valence-corrected chi connectivity index (χ3v) is 8.00. The molecule has 0 bridgehead atoms. The SMILES string of the molecule is O=C(COC(=O)C(F)(F)F)NCCn1cc(-c2ccc(N3CCC(C4c5c(F)cccc5-c5cncn54)CC3)cc2)cn1. The number of hydrogen-bond donors (Lipinski definition) is 1. The van der Waals surface area contributed by atoms with Gasteiger partial charge in [0, 0.05) is 48.2 Å². The summed E-state index contributed by atoms with van der Waals surface area (Å²) >= 11 is 0. The second-order valence-electron chi connectivity index (χ2n) is 10.6. The molecule has 1 fully saturated rings. The van der Waals surface area contributed by atoms with Gasteiger partial charge in [-0.15, -0.1) is 0 Å². The second-order valence-corrected chi connectivity index (χ2v) is 10.6. The highest BCUT2D eigenvalue weighted by Gasteiger charge is 2.41. The Morgan fingerprint density at radius 3 is 2.53 bits per heavy atom. The number of carbonyl (C=O) groups is 2. The lowest BCUT2D eigenvalue weighted by atomic mass is 9.85. The van der Waals surface area contributed by atoms with E-state index in [4.69, 9.17) is 0 Å². The average Bonchev–Trinajstić information content (AvgIpc) is 3.73. The molecule has 2 aromatic carbocycles. The molecule has 0 aliphatic carbocycles. The molecule has 1 unspecified atom stereocenters. The van der Waals surface area contributed by atoms with Crippen LogP contribution in [0.1, 0.15) is 24.4 Å². The number of alkyl halides is 3. The molecule has 1 atom stereocenters. The van der Waals surface area contributed by atoms with Crippen molar-refractivity contribution in [1.29, 1.82) is 0 Å². The third-order valence-electron chi connectivity index (χ3n) is 8.00. The first kappa shape index (κ1) is 28.4. The van der Waals surface area contributed by atoms with E-state index in [-0.39, 0.29) is 24.9 Å². The van der Waals surface area contributed by atoms with Gasteiger partial charge in [0.25, 0.3) is 5.91 Å². The summed E-state index contributed by atoms with van der Waals surface area (Å²) in [5, 5.41) is 6.67. The van der Waals surface area contributed by atoms with Gasteiger partial charge < -0.3 is 19.5 Å². The lowest BCUT2D eigenvalue weighted by Gasteiger charge is -2.37. The van der Waals surface area contributed by atoms with Gasteiger partial charge in [0.05, 0.1) is 37.0 Å². The second kappa shape index (κ2) is 11.5. The van der Waals surface area contributed by atoms with Crippen molar-refractivity contribution >= 4 is 17.6 Å². The Kier molecular flexibility index (Phi) is 7.63. The van der Waals surface area contributed by atoms with E-state index in [1.54, 1.807) is 23.1 Å². The minimum Gasteiger partial charge on any atom is -0.449 e. The zero-order chi connectivity index (χ0) is 30.1. The molecule has 1 amide bonds. The van der Waals surface area contributed by atoms with E-state index in [2.05, 4.69) is 41.7 Å². The average molecular weight is 597 g/mol. The maximum absolute atomic E-state index is 14.9. The number of amides is 1. The molecule has 4 aromatic rings. The smallest absolute Gasteiger partial charge is 0.449 e. The molecular weight excluding hydrogens is 568 g/mol. The van der Waals surface area contributed by atoms with Crippen LogP contribution in [0.15, 0.2) is 67.4 Å². The zero-order valence-electron chi connectivity index (χ0n) is 22.9. The topological polar surface area (TPSA) is 94.3 Å². The first-order valence-electron chi connectivity index (χ1n) is 13.9. The van der Waals surface area contributed by atoms with E-state index in [1.165, 1.54) is 6.07 Å². The minimum absolute atomic E-state index is 0.0463. The number of aromatic nitrogens is 4. The van der Waals surface area contributed by atoms with Gasteiger partial charge in [-0.1, -0.05) is 24.3 Å². The molecular formula is C30H28F4N6O3. The van der Waals surface area contributed by atoms with Crippen molar-refractivity contribution < 1.29 is 31.9 Å². The maximum Gasteiger partial charge on any atom is 0.490 e. The van der Waals surface area contributed by atoms with Gasteiger partial charge in [-0.3, -0.25) is 9.48 Å². The number of benzene rings is 2. The van der Waals surface area contributed by atoms with Crippen LogP contribution in [0.3, 0.4) is 0 Å². The summed E-state index contributed by atoms with van der Waals surface area (Å²) in [6.45, 7) is 1.08. The normalized spacial score (nSPS) is 16.6. The van der Waals surface area contributed by atoms with Crippen LogP contribution < -0.4 is 10.2 Å². The van der Waals surface area contributed by atoms with Crippen molar-refractivity contribution in [3.8, 4) is 22.4 Å². The van der Waals surface area contributed by atoms with E-state index in [9.17, 15) is 27.2 Å². The standard InChI is InChI=1S/C30H28F4N6O3/c31-24-3-1-2-23-25-15-35-18-40(25)28(27(23)24)20-8-11-38(12-9-20)22-6-4-19(5-7-22)21-14-37-39(16-21)13-10-36-26(41)17-43-29(42)30(32,33)34/h1-7,14-16,18,20,28H,8-13,17H2,(H,36,41). The molecule has 9 nitrogen and oxygen atoms in total. The number of nitrogens with one attached hydrogen (secondary N) is 1. The number of ether oxygens (including phenoxy) is 1. The van der Waals surface area contributed by atoms with Gasteiger partial charge in [-0.05, 0) is 42.5 Å². The van der Waals surface area contributed by atoms with Gasteiger partial charge in [0.1, 0.15) is 5.82 Å². The van der Waals surface area contributed by atoms with Gasteiger partial charge in [0.2, 0.25) is 0 Å². The predicted molar refractivity (Wildman–Crippen MR) is 148 cm³/mol. The Morgan fingerprint density at radius 2 is 1.79 bits per heavy atom. The molecule has 2 aliphatic heterocycles. The molecule has 0 saturated carbocycles. The van der Waals surface area contributed by atoms with Crippen LogP contribution in [0.5, 0.6) is 0 Å². The van der Waals surface area contributed by atoms with Crippen LogP contribution in [0.25, 0.3) is 22.4 Å². The van der Waals surface area contributed by atoms with E-state index in [1.807, 2.05) is 30.7 Å². The Morgan fingerprint density at radius 1 is 1.02 bits per heavy atom. The summed E-state index contributed by atoms with van der Waals surface area (Å²) in [4.78, 5) is 29.0. The van der Waals surface area contributed by atoms with Crippen LogP contribution in [0.2, 0.25) is 0 Å². The Balaban J connectivity index is 1.01. The Hall–Kier alpha value is -4.68. The van der Waals surface area contributed by atoms with E-state index in [0.29, 0.717) is 5.92 Å². The molecule has 4 heterocycles. The Bertz CT molecular complexity index is 1620. The molecule has 2 aliphatic rings. The number of esters is 1. The molecule has 1 N–H and O–H groups in total. The molecule has 2 aromatic heterocycles. The van der Waals surface area contributed by atoms with Crippen LogP contribution in [0, 0.1) is 11.7 Å². The van der Waals surface area contributed by atoms with Crippen molar-refractivity contribution in [1.82, 2.24) is 24.6 Å². The molecule has 1 saturated heterocycles. The number of imidazole rings is 1. The minimum atomic E-state index is -5.14. The monoisotopic (exact) mass is 596 g/mol. The van der Waals surface area contributed by atoms with E-state index in [0.717, 1.165) is 59.6 Å². The zero-order valence-corrected chi connectivity index (χ0v) is 22.9. The number of piperidine rings is 1. The van der Waals surface area contributed by atoms with Crippen molar-refractivity contribution in [2.24, 2.45) is 5.92 Å². The highest BCUT2D eigenvalue weighted by atomic mass is 19.4. The predicted octanol–water partition coefficient (Wildman–Crippen LogP) is 4.59. The largest absolute Gasteiger partial charge is 0.490 e. The number of carbonyl (C=O) groups excluding carboxylic acids is 2. The van der Waals surface area contributed by atoms with Gasteiger partial charge in [-0.2, -0.15) is 18.3 Å². The first-order valence-corrected chi connectivity index (χ1v) is 13.9. The molecule has 43 heavy (non-hydrogen) atoms. The lowest BCUT2D eigenvalue weighted by molar-refractivity contribution is -0.200. The number of halogens is 4. The van der Waals surface area contributed by atoms with Crippen LogP contribution in [-0.4, -0.2) is 63.6 Å². The van der Waals surface area contributed by atoms with Crippen LogP contribution in [0.4, 0.5) is 23.2 Å². The Labute approximate surface area is 244 Å². The van der Waals surface area contributed by atoms with E-state index >= 15 is 0 Å². The summed E-state index contributed by atoms with van der Waals surface area (Å²) < 4.78 is 59.0. The van der Waals surface area contributed by atoms with Gasteiger partial charge in [-0.25, -0.2) is 14.2 Å². The fourth-order valence-electron chi connectivity index (χ4n) is 5.94. The number of anilines is 1. The summed E-state index contributed by atoms with van der Waals surface area (Å²) in [5.74, 6) is -3.11. The van der Waals surface area contributed by atoms with Crippen molar-refractivity contribution in [2.75, 3.05) is 31.1 Å². The molecule has 0 spiro atoms. The summed E-state index contributed by atoms with van der Waals surface area (Å²) in [7, 11) is 0. The molecule has 6 rings (SSSR count). The van der Waals surface area contributed by atoms with Crippen molar-refractivity contribution in [3.63, 3.8) is 0 Å². The molecule has 224 valence electrons. The third kappa shape index (κ3) is 5.84. The van der Waals surface area contributed by atoms with E-state index < -0.39 is 24.7 Å². The maximum atomic E-state index is 14.9. The van der Waals surface area contributed by atoms with Gasteiger partial charge in [0.15, 0.2) is 6.61 Å². The molecule has 13 heteroatoms. The van der Waals surface area contributed by atoms with Crippen LogP contribution in [-0.2, 0) is 20.9 Å². The summed E-state index contributed by atoms with van der Waals surface area (Å²) in [5.41, 5.74) is 5.60. The summed E-state index contributed by atoms with van der Waals surface area (Å²) in [6, 6.07) is 13.4. The number of nitrogens with zero attached hydrogens (tertiary/aromatic N) is 5. The highest BCUT2D eigenvalue weighted by Crippen LogP contribution is 2.47. The van der Waals surface area contributed by atoms with Crippen molar-refractivity contribution in [3.05, 3.63) is 78.8 Å². The quantitative estimate of drug-likeness (QED) is 0.236. The molecule has 0 radical (unpaired) electrons.